The van der Waals surface area contributed by atoms with E-state index < -0.39 is 0 Å². The Kier molecular flexibility index (Phi) is 6.73. The van der Waals surface area contributed by atoms with Crippen molar-refractivity contribution in [3.8, 4) is 5.75 Å². The van der Waals surface area contributed by atoms with Gasteiger partial charge in [0.1, 0.15) is 5.75 Å². The predicted octanol–water partition coefficient (Wildman–Crippen LogP) is -0.149. The second-order valence-corrected chi connectivity index (χ2v) is 3.93. The molecule has 0 atom stereocenters. The average molecular weight is 249 g/mol. The molecular formula is C11H16Cl2NO-. The van der Waals surface area contributed by atoms with Crippen LogP contribution in [0.4, 0.5) is 0 Å². The third-order valence-electron chi connectivity index (χ3n) is 1.94. The maximum absolute atomic E-state index is 5.91. The van der Waals surface area contributed by atoms with E-state index >= 15 is 0 Å². The van der Waals surface area contributed by atoms with Crippen molar-refractivity contribution in [3.05, 3.63) is 28.8 Å². The predicted molar refractivity (Wildman–Crippen MR) is 60.0 cm³/mol. The maximum Gasteiger partial charge on any atom is 0.123 e. The minimum atomic E-state index is 0. The number of hydrogen-bond acceptors (Lipinski definition) is 2. The molecule has 15 heavy (non-hydrogen) atoms. The van der Waals surface area contributed by atoms with E-state index in [2.05, 4.69) is 19.2 Å². The van der Waals surface area contributed by atoms with Crippen LogP contribution in [0.25, 0.3) is 0 Å². The van der Waals surface area contributed by atoms with Crippen LogP contribution in [0.1, 0.15) is 19.4 Å². The van der Waals surface area contributed by atoms with Crippen LogP contribution in [0.3, 0.4) is 0 Å². The summed E-state index contributed by atoms with van der Waals surface area (Å²) in [6, 6.07) is 6.10. The number of ether oxygens (including phenoxy) is 1. The Morgan fingerprint density at radius 2 is 2.07 bits per heavy atom. The Balaban J connectivity index is 0.00000196. The topological polar surface area (TPSA) is 21.3 Å². The van der Waals surface area contributed by atoms with E-state index in [0.29, 0.717) is 6.04 Å². The highest BCUT2D eigenvalue weighted by Crippen LogP contribution is 2.22. The summed E-state index contributed by atoms with van der Waals surface area (Å²) in [5, 5.41) is 4.07. The number of hydrogen-bond donors (Lipinski definition) is 1. The zero-order chi connectivity index (χ0) is 10.6. The van der Waals surface area contributed by atoms with E-state index in [1.807, 2.05) is 18.2 Å². The fraction of sp³-hybridized carbons (Fsp3) is 0.455. The molecule has 2 nitrogen and oxygen atoms in total. The lowest BCUT2D eigenvalue weighted by atomic mass is 10.2. The average Bonchev–Trinajstić information content (AvgIpc) is 2.15. The Hall–Kier alpha value is -0.440. The van der Waals surface area contributed by atoms with Gasteiger partial charge in [0.25, 0.3) is 0 Å². The summed E-state index contributed by atoms with van der Waals surface area (Å²) < 4.78 is 5.23. The van der Waals surface area contributed by atoms with Crippen LogP contribution in [0.15, 0.2) is 18.2 Å². The summed E-state index contributed by atoms with van der Waals surface area (Å²) in [4.78, 5) is 0. The van der Waals surface area contributed by atoms with Gasteiger partial charge in [0.05, 0.1) is 7.11 Å². The normalized spacial score (nSPS) is 9.93. The van der Waals surface area contributed by atoms with Crippen LogP contribution < -0.4 is 22.5 Å². The van der Waals surface area contributed by atoms with E-state index in [9.17, 15) is 0 Å². The summed E-state index contributed by atoms with van der Waals surface area (Å²) in [5.74, 6) is 0.877. The second kappa shape index (κ2) is 6.94. The fourth-order valence-electron chi connectivity index (χ4n) is 1.20. The molecule has 1 N–H and O–H groups in total. The summed E-state index contributed by atoms with van der Waals surface area (Å²) in [6.07, 6.45) is 0. The number of benzene rings is 1. The van der Waals surface area contributed by atoms with Gasteiger partial charge in [-0.3, -0.25) is 0 Å². The maximum atomic E-state index is 5.91. The van der Waals surface area contributed by atoms with Crippen LogP contribution in [0.2, 0.25) is 5.02 Å². The van der Waals surface area contributed by atoms with E-state index in [4.69, 9.17) is 16.3 Å². The molecule has 0 heterocycles. The molecule has 0 aromatic heterocycles. The first kappa shape index (κ1) is 14.6. The molecule has 1 aromatic carbocycles. The van der Waals surface area contributed by atoms with Crippen LogP contribution in [0.5, 0.6) is 5.75 Å². The molecular weight excluding hydrogens is 233 g/mol. The zero-order valence-electron chi connectivity index (χ0n) is 9.18. The van der Waals surface area contributed by atoms with Gasteiger partial charge in [0.2, 0.25) is 0 Å². The molecule has 0 saturated heterocycles. The monoisotopic (exact) mass is 248 g/mol. The molecule has 0 fully saturated rings. The number of nitrogens with one attached hydrogen (secondary N) is 1. The lowest BCUT2D eigenvalue weighted by Crippen LogP contribution is -3.00. The Morgan fingerprint density at radius 3 is 2.60 bits per heavy atom. The molecule has 0 unspecified atom stereocenters. The first-order chi connectivity index (χ1) is 6.63. The molecule has 0 spiro atoms. The smallest absolute Gasteiger partial charge is 0.123 e. The van der Waals surface area contributed by atoms with Crippen molar-refractivity contribution in [2.75, 3.05) is 7.11 Å². The van der Waals surface area contributed by atoms with Crippen LogP contribution in [-0.4, -0.2) is 13.2 Å². The van der Waals surface area contributed by atoms with Crippen molar-refractivity contribution >= 4 is 11.6 Å². The third-order valence-corrected chi connectivity index (χ3v) is 2.18. The standard InChI is InChI=1S/C11H16ClNO.ClH/c1-8(2)13-7-9-6-10(12)4-5-11(9)14-3;/h4-6,8,13H,7H2,1-3H3;1H/p-1. The quantitative estimate of drug-likeness (QED) is 0.801. The highest BCUT2D eigenvalue weighted by molar-refractivity contribution is 6.30. The lowest BCUT2D eigenvalue weighted by Gasteiger charge is -2.11. The van der Waals surface area contributed by atoms with Gasteiger partial charge < -0.3 is 22.5 Å². The molecule has 86 valence electrons. The summed E-state index contributed by atoms with van der Waals surface area (Å²) >= 11 is 5.91. The van der Waals surface area contributed by atoms with Gasteiger partial charge in [-0.2, -0.15) is 0 Å². The number of rotatable bonds is 4. The highest BCUT2D eigenvalue weighted by atomic mass is 35.5. The van der Waals surface area contributed by atoms with Crippen molar-refractivity contribution in [1.29, 1.82) is 0 Å². The Labute approximate surface area is 102 Å². The SMILES string of the molecule is COc1ccc(Cl)cc1CNC(C)C.[Cl-]. The fourth-order valence-corrected chi connectivity index (χ4v) is 1.39. The second-order valence-electron chi connectivity index (χ2n) is 3.49. The number of halogens is 2. The van der Waals surface area contributed by atoms with Crippen LogP contribution in [-0.2, 0) is 6.54 Å². The third kappa shape index (κ3) is 4.74. The van der Waals surface area contributed by atoms with Crippen molar-refractivity contribution in [2.45, 2.75) is 26.4 Å². The Bertz CT molecular complexity index is 303. The minimum absolute atomic E-state index is 0. The minimum Gasteiger partial charge on any atom is -1.00 e. The molecule has 0 aliphatic rings. The Morgan fingerprint density at radius 1 is 1.40 bits per heavy atom. The van der Waals surface area contributed by atoms with Crippen molar-refractivity contribution < 1.29 is 17.1 Å². The van der Waals surface area contributed by atoms with Gasteiger partial charge in [-0.25, -0.2) is 0 Å². The molecule has 1 aromatic rings. The van der Waals surface area contributed by atoms with Gasteiger partial charge in [0, 0.05) is 23.2 Å². The van der Waals surface area contributed by atoms with Gasteiger partial charge in [-0.05, 0) is 18.2 Å². The van der Waals surface area contributed by atoms with Crippen molar-refractivity contribution in [3.63, 3.8) is 0 Å². The van der Waals surface area contributed by atoms with Gasteiger partial charge >= 0.3 is 0 Å². The molecule has 1 rings (SSSR count). The lowest BCUT2D eigenvalue weighted by molar-refractivity contribution is -0.00000338. The summed E-state index contributed by atoms with van der Waals surface area (Å²) in [6.45, 7) is 5.00. The first-order valence-corrected chi connectivity index (χ1v) is 5.07. The van der Waals surface area contributed by atoms with Crippen LogP contribution in [0, 0.1) is 0 Å². The van der Waals surface area contributed by atoms with Gasteiger partial charge in [-0.1, -0.05) is 25.4 Å². The first-order valence-electron chi connectivity index (χ1n) is 4.69. The molecule has 0 aliphatic carbocycles. The van der Waals surface area contributed by atoms with Gasteiger partial charge in [0.15, 0.2) is 0 Å². The van der Waals surface area contributed by atoms with Gasteiger partial charge in [-0.15, -0.1) is 0 Å². The molecule has 0 amide bonds. The largest absolute Gasteiger partial charge is 1.00 e. The van der Waals surface area contributed by atoms with Crippen LogP contribution >= 0.6 is 11.6 Å². The number of methoxy groups -OCH3 is 1. The molecule has 0 saturated carbocycles. The van der Waals surface area contributed by atoms with E-state index in [1.165, 1.54) is 0 Å². The molecule has 4 heteroatoms. The summed E-state index contributed by atoms with van der Waals surface area (Å²) in [7, 11) is 1.67. The molecule has 0 aliphatic heterocycles. The van der Waals surface area contributed by atoms with E-state index in [0.717, 1.165) is 22.9 Å². The van der Waals surface area contributed by atoms with E-state index in [-0.39, 0.29) is 12.4 Å². The highest BCUT2D eigenvalue weighted by Gasteiger charge is 2.03. The zero-order valence-corrected chi connectivity index (χ0v) is 10.7. The molecule has 0 bridgehead atoms. The summed E-state index contributed by atoms with van der Waals surface area (Å²) in [5.41, 5.74) is 1.09. The van der Waals surface area contributed by atoms with E-state index in [1.54, 1.807) is 7.11 Å². The van der Waals surface area contributed by atoms with Crippen molar-refractivity contribution in [1.82, 2.24) is 5.32 Å². The van der Waals surface area contributed by atoms with Crippen molar-refractivity contribution in [2.24, 2.45) is 0 Å². The molecule has 0 radical (unpaired) electrons.